The molecule has 1 aliphatic rings. The van der Waals surface area contributed by atoms with Crippen molar-refractivity contribution < 1.29 is 9.59 Å². The van der Waals surface area contributed by atoms with Gasteiger partial charge in [-0.25, -0.2) is 9.97 Å². The van der Waals surface area contributed by atoms with Crippen LogP contribution < -0.4 is 5.32 Å². The number of nitrogens with one attached hydrogen (secondary N) is 1. The van der Waals surface area contributed by atoms with Crippen LogP contribution in [0.4, 0.5) is 5.69 Å². The summed E-state index contributed by atoms with van der Waals surface area (Å²) in [6, 6.07) is 8.81. The number of anilines is 1. The van der Waals surface area contributed by atoms with Crippen LogP contribution in [0.5, 0.6) is 0 Å². The molecule has 0 radical (unpaired) electrons. The van der Waals surface area contributed by atoms with Crippen LogP contribution in [0.3, 0.4) is 0 Å². The second kappa shape index (κ2) is 8.31. The molecule has 1 fully saturated rings. The number of likely N-dealkylation sites (tertiary alicyclic amines) is 1. The molecule has 0 saturated carbocycles. The van der Waals surface area contributed by atoms with Gasteiger partial charge in [-0.3, -0.25) is 9.59 Å². The largest absolute Gasteiger partial charge is 0.330 e. The Morgan fingerprint density at radius 3 is 2.65 bits per heavy atom. The van der Waals surface area contributed by atoms with Crippen LogP contribution in [-0.4, -0.2) is 39.3 Å². The van der Waals surface area contributed by atoms with Crippen LogP contribution in [0, 0.1) is 5.92 Å². The monoisotopic (exact) mass is 370 g/mol. The van der Waals surface area contributed by atoms with Gasteiger partial charge in [0.2, 0.25) is 11.8 Å². The normalized spacial score (nSPS) is 15.3. The molecule has 3 rings (SSSR count). The molecule has 1 unspecified atom stereocenters. The third-order valence-corrected chi connectivity index (χ3v) is 5.08. The molecule has 1 saturated heterocycles. The van der Waals surface area contributed by atoms with Gasteiger partial charge in [-0.2, -0.15) is 0 Å². The lowest BCUT2D eigenvalue weighted by atomic mass is 10.0. The summed E-state index contributed by atoms with van der Waals surface area (Å²) < 4.78 is 0. The van der Waals surface area contributed by atoms with Crippen molar-refractivity contribution in [3.05, 3.63) is 42.7 Å². The first-order valence-corrected chi connectivity index (χ1v) is 9.51. The van der Waals surface area contributed by atoms with Gasteiger partial charge in [-0.05, 0) is 36.6 Å². The van der Waals surface area contributed by atoms with E-state index in [4.69, 9.17) is 0 Å². The zero-order chi connectivity index (χ0) is 18.5. The molecule has 2 aromatic heterocycles. The van der Waals surface area contributed by atoms with Gasteiger partial charge in [0.1, 0.15) is 16.1 Å². The van der Waals surface area contributed by atoms with Crippen LogP contribution >= 0.6 is 11.8 Å². The summed E-state index contributed by atoms with van der Waals surface area (Å²) in [6.45, 7) is 4.57. The van der Waals surface area contributed by atoms with E-state index in [1.165, 1.54) is 11.8 Å². The highest BCUT2D eigenvalue weighted by molar-refractivity contribution is 7.99. The third kappa shape index (κ3) is 4.40. The molecule has 1 aliphatic heterocycles. The average Bonchev–Trinajstić information content (AvgIpc) is 3.01. The first kappa shape index (κ1) is 18.4. The first-order chi connectivity index (χ1) is 12.5. The van der Waals surface area contributed by atoms with Crippen molar-refractivity contribution in [3.8, 4) is 0 Å². The van der Waals surface area contributed by atoms with Gasteiger partial charge in [-0.15, -0.1) is 0 Å². The Balaban J connectivity index is 1.72. The number of nitrogens with zero attached hydrogens (tertiary/aromatic N) is 3. The topological polar surface area (TPSA) is 75.2 Å². The van der Waals surface area contributed by atoms with Crippen molar-refractivity contribution in [2.75, 3.05) is 11.9 Å². The minimum Gasteiger partial charge on any atom is -0.330 e. The molecule has 6 nitrogen and oxygen atoms in total. The van der Waals surface area contributed by atoms with E-state index in [9.17, 15) is 9.59 Å². The predicted molar refractivity (Wildman–Crippen MR) is 101 cm³/mol. The zero-order valence-corrected chi connectivity index (χ0v) is 15.7. The van der Waals surface area contributed by atoms with Crippen molar-refractivity contribution >= 4 is 29.3 Å². The number of carbonyl (C=O) groups is 2. The second-order valence-electron chi connectivity index (χ2n) is 6.52. The maximum atomic E-state index is 12.8. The maximum absolute atomic E-state index is 12.8. The van der Waals surface area contributed by atoms with E-state index in [-0.39, 0.29) is 17.7 Å². The van der Waals surface area contributed by atoms with Crippen molar-refractivity contribution in [3.63, 3.8) is 0 Å². The van der Waals surface area contributed by atoms with Gasteiger partial charge in [0.25, 0.3) is 0 Å². The standard InChI is InChI=1S/C19H22N4O2S/c1-13(2)18(23-11-5-7-17(23)24)19(25)22-14-8-10-21-16(12-14)26-15-6-3-4-9-20-15/h3-4,6,8-10,12-13,18H,5,7,11H2,1-2H3,(H,21,22,25). The fraction of sp³-hybridized carbons (Fsp3) is 0.368. The SMILES string of the molecule is CC(C)C(C(=O)Nc1ccnc(Sc2ccccn2)c1)N1CCCC1=O. The molecule has 2 aromatic rings. The highest BCUT2D eigenvalue weighted by atomic mass is 32.2. The van der Waals surface area contributed by atoms with Crippen LogP contribution in [0.1, 0.15) is 26.7 Å². The minimum atomic E-state index is -0.454. The van der Waals surface area contributed by atoms with Crippen molar-refractivity contribution in [1.82, 2.24) is 14.9 Å². The predicted octanol–water partition coefficient (Wildman–Crippen LogP) is 3.21. The quantitative estimate of drug-likeness (QED) is 0.845. The molecule has 0 aliphatic carbocycles. The number of rotatable bonds is 6. The molecule has 2 amide bonds. The minimum absolute atomic E-state index is 0.0428. The second-order valence-corrected chi connectivity index (χ2v) is 7.56. The lowest BCUT2D eigenvalue weighted by molar-refractivity contribution is -0.136. The molecule has 1 atom stereocenters. The van der Waals surface area contributed by atoms with Crippen molar-refractivity contribution in [2.45, 2.75) is 42.8 Å². The molecular weight excluding hydrogens is 348 g/mol. The highest BCUT2D eigenvalue weighted by Crippen LogP contribution is 2.26. The molecule has 0 aromatic carbocycles. The van der Waals surface area contributed by atoms with E-state index in [2.05, 4.69) is 15.3 Å². The Hall–Kier alpha value is -2.41. The summed E-state index contributed by atoms with van der Waals surface area (Å²) in [7, 11) is 0. The molecule has 0 bridgehead atoms. The summed E-state index contributed by atoms with van der Waals surface area (Å²) in [6.07, 6.45) is 4.73. The summed E-state index contributed by atoms with van der Waals surface area (Å²) in [4.78, 5) is 35.2. The van der Waals surface area contributed by atoms with E-state index >= 15 is 0 Å². The fourth-order valence-electron chi connectivity index (χ4n) is 3.04. The van der Waals surface area contributed by atoms with Gasteiger partial charge in [0, 0.05) is 31.0 Å². The zero-order valence-electron chi connectivity index (χ0n) is 14.9. The molecule has 1 N–H and O–H groups in total. The van der Waals surface area contributed by atoms with Crippen molar-refractivity contribution in [1.29, 1.82) is 0 Å². The molecule has 26 heavy (non-hydrogen) atoms. The molecule has 3 heterocycles. The maximum Gasteiger partial charge on any atom is 0.247 e. The Bertz CT molecular complexity index is 782. The number of hydrogen-bond acceptors (Lipinski definition) is 5. The van der Waals surface area contributed by atoms with Crippen LogP contribution in [0.25, 0.3) is 0 Å². The van der Waals surface area contributed by atoms with E-state index in [0.717, 1.165) is 16.5 Å². The number of pyridine rings is 2. The summed E-state index contributed by atoms with van der Waals surface area (Å²) >= 11 is 1.43. The Morgan fingerprint density at radius 1 is 1.19 bits per heavy atom. The van der Waals surface area contributed by atoms with Gasteiger partial charge >= 0.3 is 0 Å². The van der Waals surface area contributed by atoms with E-state index in [1.807, 2.05) is 38.1 Å². The van der Waals surface area contributed by atoms with Crippen LogP contribution in [-0.2, 0) is 9.59 Å². The number of hydrogen-bond donors (Lipinski definition) is 1. The Kier molecular flexibility index (Phi) is 5.88. The molecule has 7 heteroatoms. The van der Waals surface area contributed by atoms with E-state index in [1.54, 1.807) is 23.4 Å². The van der Waals surface area contributed by atoms with Gasteiger partial charge in [0.05, 0.1) is 0 Å². The Labute approximate surface area is 157 Å². The molecule has 136 valence electrons. The molecule has 0 spiro atoms. The lowest BCUT2D eigenvalue weighted by Gasteiger charge is -2.29. The average molecular weight is 370 g/mol. The summed E-state index contributed by atoms with van der Waals surface area (Å²) in [5, 5.41) is 4.53. The fourth-order valence-corrected chi connectivity index (χ4v) is 3.82. The number of amides is 2. The smallest absolute Gasteiger partial charge is 0.247 e. The number of aromatic nitrogens is 2. The van der Waals surface area contributed by atoms with Gasteiger partial charge in [0.15, 0.2) is 0 Å². The summed E-state index contributed by atoms with van der Waals surface area (Å²) in [5.74, 6) is -0.0588. The number of carbonyl (C=O) groups excluding carboxylic acids is 2. The van der Waals surface area contributed by atoms with E-state index in [0.29, 0.717) is 18.7 Å². The van der Waals surface area contributed by atoms with Crippen LogP contribution in [0.15, 0.2) is 52.8 Å². The van der Waals surface area contributed by atoms with E-state index < -0.39 is 6.04 Å². The highest BCUT2D eigenvalue weighted by Gasteiger charge is 2.34. The van der Waals surface area contributed by atoms with Crippen LogP contribution in [0.2, 0.25) is 0 Å². The van der Waals surface area contributed by atoms with Gasteiger partial charge in [-0.1, -0.05) is 31.7 Å². The van der Waals surface area contributed by atoms with Crippen molar-refractivity contribution in [2.24, 2.45) is 5.92 Å². The molecular formula is C19H22N4O2S. The van der Waals surface area contributed by atoms with Gasteiger partial charge < -0.3 is 10.2 Å². The summed E-state index contributed by atoms with van der Waals surface area (Å²) in [5.41, 5.74) is 0.667. The third-order valence-electron chi connectivity index (χ3n) is 4.20. The lowest BCUT2D eigenvalue weighted by Crippen LogP contribution is -2.47. The first-order valence-electron chi connectivity index (χ1n) is 8.70. The Morgan fingerprint density at radius 2 is 2.00 bits per heavy atom.